The van der Waals surface area contributed by atoms with Crippen LogP contribution in [0, 0.1) is 5.41 Å². The normalized spacial score (nSPS) is 26.3. The van der Waals surface area contributed by atoms with Crippen LogP contribution in [0.5, 0.6) is 0 Å². The predicted octanol–water partition coefficient (Wildman–Crippen LogP) is 5.75. The maximum Gasteiger partial charge on any atom is 0.328 e. The Labute approximate surface area is 140 Å². The molecule has 0 aromatic carbocycles. The molecule has 2 aliphatic rings. The maximum atomic E-state index is 10.6. The molecule has 0 unspecified atom stereocenters. The second-order valence-corrected chi connectivity index (χ2v) is 7.21. The molecule has 0 aliphatic heterocycles. The van der Waals surface area contributed by atoms with Crippen molar-refractivity contribution < 1.29 is 9.90 Å². The van der Waals surface area contributed by atoms with Crippen molar-refractivity contribution in [1.29, 1.82) is 0 Å². The van der Waals surface area contributed by atoms with Gasteiger partial charge < -0.3 is 5.11 Å². The fraction of sp³-hybridized carbons (Fsp3) is 0.476. The van der Waals surface area contributed by atoms with Gasteiger partial charge in [-0.3, -0.25) is 0 Å². The summed E-state index contributed by atoms with van der Waals surface area (Å²) in [5, 5.41) is 8.72. The highest BCUT2D eigenvalue weighted by atomic mass is 16.4. The van der Waals surface area contributed by atoms with Crippen LogP contribution in [0.4, 0.5) is 0 Å². The van der Waals surface area contributed by atoms with E-state index in [9.17, 15) is 4.79 Å². The molecule has 0 fully saturated rings. The highest BCUT2D eigenvalue weighted by Crippen LogP contribution is 2.49. The fourth-order valence-corrected chi connectivity index (χ4v) is 3.75. The lowest BCUT2D eigenvalue weighted by Gasteiger charge is -2.40. The molecule has 0 spiro atoms. The van der Waals surface area contributed by atoms with Gasteiger partial charge in [-0.05, 0) is 80.6 Å². The molecular weight excluding hydrogens is 284 g/mol. The lowest BCUT2D eigenvalue weighted by Crippen LogP contribution is -2.26. The Balaban J connectivity index is 2.19. The van der Waals surface area contributed by atoms with E-state index in [2.05, 4.69) is 32.9 Å². The van der Waals surface area contributed by atoms with Crippen LogP contribution in [0.3, 0.4) is 0 Å². The quantitative estimate of drug-likeness (QED) is 0.530. The summed E-state index contributed by atoms with van der Waals surface area (Å²) in [6.07, 6.45) is 15.7. The second kappa shape index (κ2) is 7.16. The zero-order chi connectivity index (χ0) is 17.0. The van der Waals surface area contributed by atoms with Gasteiger partial charge in [0.05, 0.1) is 0 Å². The molecule has 2 rings (SSSR count). The number of hydrogen-bond acceptors (Lipinski definition) is 1. The van der Waals surface area contributed by atoms with Gasteiger partial charge in [0.2, 0.25) is 0 Å². The van der Waals surface area contributed by atoms with E-state index in [1.165, 1.54) is 42.9 Å². The zero-order valence-electron chi connectivity index (χ0n) is 14.8. The second-order valence-electron chi connectivity index (χ2n) is 7.21. The molecule has 124 valence electrons. The van der Waals surface area contributed by atoms with Crippen molar-refractivity contribution in [2.24, 2.45) is 5.41 Å². The van der Waals surface area contributed by atoms with Gasteiger partial charge in [0, 0.05) is 6.08 Å². The van der Waals surface area contributed by atoms with Gasteiger partial charge in [0.15, 0.2) is 0 Å². The Kier molecular flexibility index (Phi) is 5.46. The number of allylic oxidation sites excluding steroid dienone is 9. The van der Waals surface area contributed by atoms with Crippen molar-refractivity contribution in [2.45, 2.75) is 59.8 Å². The molecule has 2 heteroatoms. The molecule has 0 radical (unpaired) electrons. The molecule has 1 atom stereocenters. The highest BCUT2D eigenvalue weighted by molar-refractivity contribution is 5.81. The van der Waals surface area contributed by atoms with Crippen molar-refractivity contribution in [2.75, 3.05) is 0 Å². The Morgan fingerprint density at radius 3 is 2.70 bits per heavy atom. The van der Waals surface area contributed by atoms with Gasteiger partial charge in [-0.15, -0.1) is 0 Å². The van der Waals surface area contributed by atoms with Crippen molar-refractivity contribution in [3.63, 3.8) is 0 Å². The first-order valence-corrected chi connectivity index (χ1v) is 8.49. The number of carboxylic acids is 1. The molecule has 0 saturated carbocycles. The molecule has 0 aromatic rings. The Morgan fingerprint density at radius 2 is 2.00 bits per heavy atom. The van der Waals surface area contributed by atoms with Crippen molar-refractivity contribution in [1.82, 2.24) is 0 Å². The van der Waals surface area contributed by atoms with Crippen molar-refractivity contribution >= 4 is 5.97 Å². The number of carboxylic acid groups (broad SMARTS) is 1. The summed E-state index contributed by atoms with van der Waals surface area (Å²) in [6, 6.07) is 0. The standard InChI is InChI=1S/C21H28O2/c1-15(13-20(22)23)7-5-8-16(2)18-10-12-21(4)11-6-9-17(3)19(21)14-18/h5,7-8,13-14H,6,9-12H2,1-4H3,(H,22,23)/b7-5+,15-13+,16-8-/t21-/m0/s1. The van der Waals surface area contributed by atoms with E-state index in [4.69, 9.17) is 5.11 Å². The summed E-state index contributed by atoms with van der Waals surface area (Å²) in [5.74, 6) is -0.901. The largest absolute Gasteiger partial charge is 0.478 e. The van der Waals surface area contributed by atoms with Crippen LogP contribution in [0.25, 0.3) is 0 Å². The molecular formula is C21H28O2. The van der Waals surface area contributed by atoms with Crippen LogP contribution in [0.1, 0.15) is 59.8 Å². The van der Waals surface area contributed by atoms with Gasteiger partial charge in [-0.2, -0.15) is 0 Å². The smallest absolute Gasteiger partial charge is 0.328 e. The fourth-order valence-electron chi connectivity index (χ4n) is 3.75. The van der Waals surface area contributed by atoms with E-state index in [1.54, 1.807) is 18.1 Å². The number of fused-ring (bicyclic) bond motifs is 1. The molecule has 0 bridgehead atoms. The van der Waals surface area contributed by atoms with E-state index >= 15 is 0 Å². The van der Waals surface area contributed by atoms with Crippen LogP contribution in [-0.2, 0) is 4.79 Å². The molecule has 23 heavy (non-hydrogen) atoms. The van der Waals surface area contributed by atoms with Gasteiger partial charge in [-0.1, -0.05) is 36.8 Å². The molecule has 2 nitrogen and oxygen atoms in total. The van der Waals surface area contributed by atoms with Crippen LogP contribution in [-0.4, -0.2) is 11.1 Å². The van der Waals surface area contributed by atoms with E-state index in [-0.39, 0.29) is 0 Å². The lowest BCUT2D eigenvalue weighted by atomic mass is 9.65. The minimum absolute atomic E-state index is 0.378. The summed E-state index contributed by atoms with van der Waals surface area (Å²) in [5.41, 5.74) is 6.93. The average Bonchev–Trinajstić information content (AvgIpc) is 2.46. The van der Waals surface area contributed by atoms with Crippen molar-refractivity contribution in [3.05, 3.63) is 58.2 Å². The first-order chi connectivity index (χ1) is 10.8. The predicted molar refractivity (Wildman–Crippen MR) is 96.3 cm³/mol. The third-order valence-corrected chi connectivity index (χ3v) is 5.22. The van der Waals surface area contributed by atoms with E-state index < -0.39 is 5.97 Å². The zero-order valence-corrected chi connectivity index (χ0v) is 14.8. The Morgan fingerprint density at radius 1 is 1.26 bits per heavy atom. The Hall–Kier alpha value is -1.83. The number of carbonyl (C=O) groups is 1. The summed E-state index contributed by atoms with van der Waals surface area (Å²) >= 11 is 0. The molecule has 0 amide bonds. The highest BCUT2D eigenvalue weighted by Gasteiger charge is 2.34. The Bertz CT molecular complexity index is 641. The van der Waals surface area contributed by atoms with Crippen LogP contribution in [0.2, 0.25) is 0 Å². The van der Waals surface area contributed by atoms with Gasteiger partial charge in [0.25, 0.3) is 0 Å². The van der Waals surface area contributed by atoms with Gasteiger partial charge >= 0.3 is 5.97 Å². The summed E-state index contributed by atoms with van der Waals surface area (Å²) in [4.78, 5) is 10.6. The summed E-state index contributed by atoms with van der Waals surface area (Å²) in [7, 11) is 0. The monoisotopic (exact) mass is 312 g/mol. The average molecular weight is 312 g/mol. The van der Waals surface area contributed by atoms with Crippen LogP contribution < -0.4 is 0 Å². The molecule has 2 aliphatic carbocycles. The minimum atomic E-state index is -0.901. The number of aliphatic carboxylic acids is 1. The van der Waals surface area contributed by atoms with Crippen LogP contribution in [0.15, 0.2) is 58.2 Å². The summed E-state index contributed by atoms with van der Waals surface area (Å²) < 4.78 is 0. The number of rotatable bonds is 4. The topological polar surface area (TPSA) is 37.3 Å². The maximum absolute atomic E-state index is 10.6. The molecule has 1 N–H and O–H groups in total. The minimum Gasteiger partial charge on any atom is -0.478 e. The van der Waals surface area contributed by atoms with E-state index in [1.807, 2.05) is 12.2 Å². The van der Waals surface area contributed by atoms with E-state index in [0.29, 0.717) is 5.41 Å². The van der Waals surface area contributed by atoms with E-state index in [0.717, 1.165) is 12.0 Å². The summed E-state index contributed by atoms with van der Waals surface area (Å²) in [6.45, 7) is 8.64. The number of hydrogen-bond donors (Lipinski definition) is 1. The van der Waals surface area contributed by atoms with Crippen LogP contribution >= 0.6 is 0 Å². The lowest BCUT2D eigenvalue weighted by molar-refractivity contribution is -0.131. The molecule has 0 saturated heterocycles. The molecule has 0 aromatic heterocycles. The third-order valence-electron chi connectivity index (χ3n) is 5.22. The van der Waals surface area contributed by atoms with Gasteiger partial charge in [-0.25, -0.2) is 4.79 Å². The first-order valence-electron chi connectivity index (χ1n) is 8.49. The van der Waals surface area contributed by atoms with Gasteiger partial charge in [0.1, 0.15) is 0 Å². The molecule has 0 heterocycles. The first kappa shape index (κ1) is 17.5. The van der Waals surface area contributed by atoms with Crippen molar-refractivity contribution in [3.8, 4) is 0 Å². The third kappa shape index (κ3) is 4.34. The SMILES string of the molecule is CC1=C2C=C(\C(C)=C/C=C/C(C)=C/C(=O)O)CC[C@]2(C)CCC1.